The van der Waals surface area contributed by atoms with Gasteiger partial charge in [0.25, 0.3) is 5.91 Å². The number of nitrogens with one attached hydrogen (secondary N) is 1. The molecule has 16 heavy (non-hydrogen) atoms. The highest BCUT2D eigenvalue weighted by molar-refractivity contribution is 7.09. The second-order valence-corrected chi connectivity index (χ2v) is 5.12. The molecule has 1 saturated heterocycles. The van der Waals surface area contributed by atoms with Gasteiger partial charge in [-0.15, -0.1) is 11.3 Å². The van der Waals surface area contributed by atoms with Crippen LogP contribution in [-0.2, 0) is 0 Å². The molecule has 0 bridgehead atoms. The molecule has 88 valence electrons. The standard InChI is InChI=1S/C11H17N3OS/c1-3-4-14(9-5-12-6-9)11(15)10-7-16-8(2)13-10/h7,9,12H,3-6H2,1-2H3. The lowest BCUT2D eigenvalue weighted by Crippen LogP contribution is -2.59. The number of thiazole rings is 1. The molecular formula is C11H17N3OS. The van der Waals surface area contributed by atoms with Crippen LogP contribution >= 0.6 is 11.3 Å². The fourth-order valence-electron chi connectivity index (χ4n) is 1.79. The predicted molar refractivity (Wildman–Crippen MR) is 64.8 cm³/mol. The molecule has 0 spiro atoms. The third-order valence-electron chi connectivity index (χ3n) is 2.76. The maximum atomic E-state index is 12.2. The van der Waals surface area contributed by atoms with Crippen LogP contribution in [0.2, 0.25) is 0 Å². The minimum absolute atomic E-state index is 0.0812. The number of carbonyl (C=O) groups is 1. The Labute approximate surface area is 99.7 Å². The Morgan fingerprint density at radius 2 is 2.44 bits per heavy atom. The van der Waals surface area contributed by atoms with E-state index >= 15 is 0 Å². The largest absolute Gasteiger partial charge is 0.332 e. The van der Waals surface area contributed by atoms with Crippen molar-refractivity contribution in [2.75, 3.05) is 19.6 Å². The van der Waals surface area contributed by atoms with E-state index in [1.54, 1.807) is 0 Å². The molecule has 0 saturated carbocycles. The van der Waals surface area contributed by atoms with Gasteiger partial charge in [-0.25, -0.2) is 4.98 Å². The van der Waals surface area contributed by atoms with E-state index in [9.17, 15) is 4.79 Å². The fraction of sp³-hybridized carbons (Fsp3) is 0.636. The summed E-state index contributed by atoms with van der Waals surface area (Å²) in [5.74, 6) is 0.0812. The first-order valence-corrected chi connectivity index (χ1v) is 6.54. The third-order valence-corrected chi connectivity index (χ3v) is 3.54. The van der Waals surface area contributed by atoms with Gasteiger partial charge in [-0.2, -0.15) is 0 Å². The Kier molecular flexibility index (Phi) is 3.56. The summed E-state index contributed by atoms with van der Waals surface area (Å²) in [6, 6.07) is 0.356. The molecule has 0 aliphatic carbocycles. The Morgan fingerprint density at radius 1 is 1.69 bits per heavy atom. The van der Waals surface area contributed by atoms with Crippen LogP contribution in [0.15, 0.2) is 5.38 Å². The summed E-state index contributed by atoms with van der Waals surface area (Å²) < 4.78 is 0. The Balaban J connectivity index is 2.09. The van der Waals surface area contributed by atoms with Crippen molar-refractivity contribution in [3.05, 3.63) is 16.1 Å². The highest BCUT2D eigenvalue weighted by atomic mass is 32.1. The monoisotopic (exact) mass is 239 g/mol. The van der Waals surface area contributed by atoms with Crippen LogP contribution in [0.5, 0.6) is 0 Å². The smallest absolute Gasteiger partial charge is 0.273 e. The van der Waals surface area contributed by atoms with E-state index in [4.69, 9.17) is 0 Å². The molecule has 0 aromatic carbocycles. The molecule has 1 aromatic heterocycles. The molecule has 2 heterocycles. The number of carbonyl (C=O) groups excluding carboxylic acids is 1. The molecule has 1 amide bonds. The van der Waals surface area contributed by atoms with Crippen molar-refractivity contribution in [1.82, 2.24) is 15.2 Å². The van der Waals surface area contributed by atoms with Crippen molar-refractivity contribution in [2.24, 2.45) is 0 Å². The zero-order valence-electron chi connectivity index (χ0n) is 9.69. The summed E-state index contributed by atoms with van der Waals surface area (Å²) in [4.78, 5) is 18.4. The lowest BCUT2D eigenvalue weighted by molar-refractivity contribution is 0.0610. The van der Waals surface area contributed by atoms with Crippen molar-refractivity contribution >= 4 is 17.2 Å². The van der Waals surface area contributed by atoms with E-state index in [1.165, 1.54) is 11.3 Å². The summed E-state index contributed by atoms with van der Waals surface area (Å²) in [6.07, 6.45) is 0.991. The minimum Gasteiger partial charge on any atom is -0.332 e. The van der Waals surface area contributed by atoms with Gasteiger partial charge in [-0.05, 0) is 13.3 Å². The Hall–Kier alpha value is -0.940. The van der Waals surface area contributed by atoms with Crippen LogP contribution in [0.4, 0.5) is 0 Å². The van der Waals surface area contributed by atoms with Gasteiger partial charge >= 0.3 is 0 Å². The van der Waals surface area contributed by atoms with Crippen molar-refractivity contribution in [3.63, 3.8) is 0 Å². The van der Waals surface area contributed by atoms with Crippen LogP contribution in [0.1, 0.15) is 28.8 Å². The first kappa shape index (κ1) is 11.5. The molecule has 1 aliphatic heterocycles. The SMILES string of the molecule is CCCN(C(=O)c1csc(C)n1)C1CNC1. The minimum atomic E-state index is 0.0812. The van der Waals surface area contributed by atoms with Gasteiger partial charge in [0.2, 0.25) is 0 Å². The second-order valence-electron chi connectivity index (χ2n) is 4.06. The maximum Gasteiger partial charge on any atom is 0.273 e. The van der Waals surface area contributed by atoms with Gasteiger partial charge in [0.15, 0.2) is 0 Å². The zero-order valence-corrected chi connectivity index (χ0v) is 10.5. The number of nitrogens with zero attached hydrogens (tertiary/aromatic N) is 2. The van der Waals surface area contributed by atoms with Crippen molar-refractivity contribution in [3.8, 4) is 0 Å². The average molecular weight is 239 g/mol. The average Bonchev–Trinajstić information content (AvgIpc) is 2.60. The molecular weight excluding hydrogens is 222 g/mol. The number of amides is 1. The molecule has 1 aliphatic rings. The molecule has 1 aromatic rings. The van der Waals surface area contributed by atoms with E-state index in [-0.39, 0.29) is 5.91 Å². The van der Waals surface area contributed by atoms with Crippen molar-refractivity contribution in [2.45, 2.75) is 26.3 Å². The highest BCUT2D eigenvalue weighted by Crippen LogP contribution is 2.14. The quantitative estimate of drug-likeness (QED) is 0.861. The molecule has 2 rings (SSSR count). The molecule has 0 unspecified atom stereocenters. The van der Waals surface area contributed by atoms with Crippen LogP contribution in [-0.4, -0.2) is 41.5 Å². The van der Waals surface area contributed by atoms with E-state index in [0.29, 0.717) is 11.7 Å². The number of hydrogen-bond acceptors (Lipinski definition) is 4. The molecule has 1 N–H and O–H groups in total. The van der Waals surface area contributed by atoms with Gasteiger partial charge in [-0.1, -0.05) is 6.92 Å². The topological polar surface area (TPSA) is 45.2 Å². The zero-order chi connectivity index (χ0) is 11.5. The molecule has 0 radical (unpaired) electrons. The van der Waals surface area contributed by atoms with Gasteiger partial charge in [0, 0.05) is 25.0 Å². The normalized spacial score (nSPS) is 15.9. The van der Waals surface area contributed by atoms with Gasteiger partial charge in [0.1, 0.15) is 5.69 Å². The lowest BCUT2D eigenvalue weighted by atomic mass is 10.1. The maximum absolute atomic E-state index is 12.2. The highest BCUT2D eigenvalue weighted by Gasteiger charge is 2.29. The van der Waals surface area contributed by atoms with Crippen LogP contribution < -0.4 is 5.32 Å². The van der Waals surface area contributed by atoms with E-state index in [0.717, 1.165) is 31.1 Å². The fourth-order valence-corrected chi connectivity index (χ4v) is 2.38. The van der Waals surface area contributed by atoms with Crippen LogP contribution in [0.3, 0.4) is 0 Å². The van der Waals surface area contributed by atoms with E-state index < -0.39 is 0 Å². The molecule has 1 fully saturated rings. The number of hydrogen-bond donors (Lipinski definition) is 1. The van der Waals surface area contributed by atoms with Crippen molar-refractivity contribution < 1.29 is 4.79 Å². The first-order chi connectivity index (χ1) is 7.72. The van der Waals surface area contributed by atoms with Crippen LogP contribution in [0.25, 0.3) is 0 Å². The van der Waals surface area contributed by atoms with Gasteiger partial charge in [-0.3, -0.25) is 4.79 Å². The lowest BCUT2D eigenvalue weighted by Gasteiger charge is -2.37. The number of rotatable bonds is 4. The Morgan fingerprint density at radius 3 is 2.88 bits per heavy atom. The van der Waals surface area contributed by atoms with Gasteiger partial charge in [0.05, 0.1) is 11.0 Å². The summed E-state index contributed by atoms with van der Waals surface area (Å²) >= 11 is 1.53. The van der Waals surface area contributed by atoms with Gasteiger partial charge < -0.3 is 10.2 Å². The summed E-state index contributed by atoms with van der Waals surface area (Å²) in [6.45, 7) is 6.67. The second kappa shape index (κ2) is 4.93. The number of aromatic nitrogens is 1. The summed E-state index contributed by atoms with van der Waals surface area (Å²) in [5.41, 5.74) is 0.600. The summed E-state index contributed by atoms with van der Waals surface area (Å²) in [5, 5.41) is 6.00. The molecule has 5 heteroatoms. The van der Waals surface area contributed by atoms with Crippen molar-refractivity contribution in [1.29, 1.82) is 0 Å². The molecule has 4 nitrogen and oxygen atoms in total. The van der Waals surface area contributed by atoms with E-state index in [1.807, 2.05) is 17.2 Å². The van der Waals surface area contributed by atoms with E-state index in [2.05, 4.69) is 17.2 Å². The third kappa shape index (κ3) is 2.25. The van der Waals surface area contributed by atoms with Crippen LogP contribution in [0, 0.1) is 6.92 Å². The molecule has 0 atom stereocenters. The predicted octanol–water partition coefficient (Wildman–Crippen LogP) is 1.28. The number of aryl methyl sites for hydroxylation is 1. The summed E-state index contributed by atoms with van der Waals surface area (Å²) in [7, 11) is 0. The Bertz CT molecular complexity index is 373. The first-order valence-electron chi connectivity index (χ1n) is 5.66.